The quantitative estimate of drug-likeness (QED) is 0.799. The summed E-state index contributed by atoms with van der Waals surface area (Å²) in [7, 11) is 1.69. The summed E-state index contributed by atoms with van der Waals surface area (Å²) in [6, 6.07) is 12.7. The number of fused-ring (bicyclic) bond motifs is 1. The Bertz CT molecular complexity index is 562. The SMILES string of the molecule is C=CCCC(N)Cc1cccc2ccc(OC)cc12. The number of ether oxygens (including phenoxy) is 1. The largest absolute Gasteiger partial charge is 0.497 e. The van der Waals surface area contributed by atoms with Crippen LogP contribution in [0.5, 0.6) is 5.75 Å². The molecule has 0 heterocycles. The highest BCUT2D eigenvalue weighted by atomic mass is 16.5. The second kappa shape index (κ2) is 6.39. The average Bonchev–Trinajstić information content (AvgIpc) is 2.45. The minimum Gasteiger partial charge on any atom is -0.497 e. The fourth-order valence-corrected chi connectivity index (χ4v) is 2.34. The number of benzene rings is 2. The molecule has 0 bridgehead atoms. The van der Waals surface area contributed by atoms with Crippen LogP contribution >= 0.6 is 0 Å². The van der Waals surface area contributed by atoms with Crippen LogP contribution in [0.2, 0.25) is 0 Å². The highest BCUT2D eigenvalue weighted by molar-refractivity contribution is 5.87. The molecule has 1 atom stereocenters. The van der Waals surface area contributed by atoms with Crippen molar-refractivity contribution in [3.8, 4) is 5.75 Å². The maximum Gasteiger partial charge on any atom is 0.119 e. The molecule has 2 aromatic carbocycles. The molecule has 100 valence electrons. The maximum atomic E-state index is 6.17. The van der Waals surface area contributed by atoms with Crippen molar-refractivity contribution in [3.63, 3.8) is 0 Å². The smallest absolute Gasteiger partial charge is 0.119 e. The highest BCUT2D eigenvalue weighted by Gasteiger charge is 2.07. The van der Waals surface area contributed by atoms with Crippen LogP contribution in [-0.4, -0.2) is 13.2 Å². The number of rotatable bonds is 6. The Labute approximate surface area is 114 Å². The van der Waals surface area contributed by atoms with Crippen LogP contribution in [-0.2, 0) is 6.42 Å². The van der Waals surface area contributed by atoms with E-state index in [1.54, 1.807) is 7.11 Å². The van der Waals surface area contributed by atoms with Gasteiger partial charge in [-0.2, -0.15) is 0 Å². The molecule has 2 heteroatoms. The zero-order chi connectivity index (χ0) is 13.7. The molecule has 2 N–H and O–H groups in total. The molecular weight excluding hydrogens is 234 g/mol. The van der Waals surface area contributed by atoms with Crippen molar-refractivity contribution in [1.82, 2.24) is 0 Å². The maximum absolute atomic E-state index is 6.17. The van der Waals surface area contributed by atoms with Crippen molar-refractivity contribution in [2.45, 2.75) is 25.3 Å². The van der Waals surface area contributed by atoms with Gasteiger partial charge in [0.1, 0.15) is 5.75 Å². The molecule has 0 fully saturated rings. The molecule has 0 saturated heterocycles. The molecule has 19 heavy (non-hydrogen) atoms. The molecule has 0 aliphatic heterocycles. The van der Waals surface area contributed by atoms with Crippen molar-refractivity contribution in [2.24, 2.45) is 5.73 Å². The Morgan fingerprint density at radius 3 is 2.89 bits per heavy atom. The van der Waals surface area contributed by atoms with Gasteiger partial charge in [0.15, 0.2) is 0 Å². The molecule has 0 amide bonds. The van der Waals surface area contributed by atoms with Crippen molar-refractivity contribution < 1.29 is 4.74 Å². The zero-order valence-corrected chi connectivity index (χ0v) is 11.4. The summed E-state index contributed by atoms with van der Waals surface area (Å²) in [5.74, 6) is 0.889. The van der Waals surface area contributed by atoms with Gasteiger partial charge in [-0.05, 0) is 47.7 Å². The van der Waals surface area contributed by atoms with Crippen LogP contribution in [0.25, 0.3) is 10.8 Å². The van der Waals surface area contributed by atoms with Crippen LogP contribution in [0.3, 0.4) is 0 Å². The Morgan fingerprint density at radius 1 is 1.32 bits per heavy atom. The van der Waals surface area contributed by atoms with Crippen molar-refractivity contribution in [2.75, 3.05) is 7.11 Å². The minimum absolute atomic E-state index is 0.176. The van der Waals surface area contributed by atoms with E-state index in [9.17, 15) is 0 Å². The van der Waals surface area contributed by atoms with Gasteiger partial charge in [0.25, 0.3) is 0 Å². The van der Waals surface area contributed by atoms with Gasteiger partial charge in [0.2, 0.25) is 0 Å². The topological polar surface area (TPSA) is 35.2 Å². The van der Waals surface area contributed by atoms with Gasteiger partial charge in [0.05, 0.1) is 7.11 Å². The first-order valence-electron chi connectivity index (χ1n) is 6.66. The third-order valence-electron chi connectivity index (χ3n) is 3.40. The third kappa shape index (κ3) is 3.36. The summed E-state index contributed by atoms with van der Waals surface area (Å²) >= 11 is 0. The van der Waals surface area contributed by atoms with Crippen molar-refractivity contribution in [3.05, 3.63) is 54.6 Å². The van der Waals surface area contributed by atoms with E-state index in [4.69, 9.17) is 10.5 Å². The van der Waals surface area contributed by atoms with Gasteiger partial charge in [-0.1, -0.05) is 30.3 Å². The molecule has 0 radical (unpaired) electrons. The van der Waals surface area contributed by atoms with Gasteiger partial charge in [-0.3, -0.25) is 0 Å². The number of hydrogen-bond acceptors (Lipinski definition) is 2. The van der Waals surface area contributed by atoms with Gasteiger partial charge in [0, 0.05) is 6.04 Å². The second-order valence-electron chi connectivity index (χ2n) is 4.83. The van der Waals surface area contributed by atoms with Gasteiger partial charge < -0.3 is 10.5 Å². The van der Waals surface area contributed by atoms with E-state index in [0.29, 0.717) is 0 Å². The Hall–Kier alpha value is -1.80. The van der Waals surface area contributed by atoms with E-state index in [1.165, 1.54) is 16.3 Å². The standard InChI is InChI=1S/C17H21NO/c1-3-4-8-15(18)11-14-7-5-6-13-9-10-16(19-2)12-17(13)14/h3,5-7,9-10,12,15H,1,4,8,11,18H2,2H3. The number of nitrogens with two attached hydrogens (primary N) is 1. The molecule has 0 aliphatic carbocycles. The number of hydrogen-bond donors (Lipinski definition) is 1. The molecule has 2 nitrogen and oxygen atoms in total. The zero-order valence-electron chi connectivity index (χ0n) is 11.4. The summed E-state index contributed by atoms with van der Waals surface area (Å²) in [6.07, 6.45) is 4.75. The molecule has 0 saturated carbocycles. The highest BCUT2D eigenvalue weighted by Crippen LogP contribution is 2.25. The Morgan fingerprint density at radius 2 is 2.16 bits per heavy atom. The van der Waals surface area contributed by atoms with E-state index >= 15 is 0 Å². The van der Waals surface area contributed by atoms with E-state index in [2.05, 4.69) is 36.9 Å². The summed E-state index contributed by atoms with van der Waals surface area (Å²) in [5, 5.41) is 2.46. The lowest BCUT2D eigenvalue weighted by molar-refractivity contribution is 0.415. The van der Waals surface area contributed by atoms with E-state index in [-0.39, 0.29) is 6.04 Å². The summed E-state index contributed by atoms with van der Waals surface area (Å²) in [5.41, 5.74) is 7.46. The summed E-state index contributed by atoms with van der Waals surface area (Å²) in [4.78, 5) is 0. The molecule has 0 aromatic heterocycles. The van der Waals surface area contributed by atoms with Crippen LogP contribution in [0.4, 0.5) is 0 Å². The molecule has 0 aliphatic rings. The fraction of sp³-hybridized carbons (Fsp3) is 0.294. The van der Waals surface area contributed by atoms with Crippen LogP contribution in [0, 0.1) is 0 Å². The molecular formula is C17H21NO. The first kappa shape index (κ1) is 13.6. The Kier molecular flexibility index (Phi) is 4.58. The lowest BCUT2D eigenvalue weighted by Crippen LogP contribution is -2.22. The van der Waals surface area contributed by atoms with E-state index in [0.717, 1.165) is 25.0 Å². The van der Waals surface area contributed by atoms with Crippen molar-refractivity contribution >= 4 is 10.8 Å². The fourth-order valence-electron chi connectivity index (χ4n) is 2.34. The normalized spacial score (nSPS) is 12.3. The Balaban J connectivity index is 2.28. The molecule has 2 rings (SSSR count). The second-order valence-corrected chi connectivity index (χ2v) is 4.83. The first-order chi connectivity index (χ1) is 9.24. The monoisotopic (exact) mass is 255 g/mol. The molecule has 0 spiro atoms. The molecule has 2 aromatic rings. The van der Waals surface area contributed by atoms with Crippen LogP contribution in [0.1, 0.15) is 18.4 Å². The summed E-state index contributed by atoms with van der Waals surface area (Å²) in [6.45, 7) is 3.74. The summed E-state index contributed by atoms with van der Waals surface area (Å²) < 4.78 is 5.30. The number of methoxy groups -OCH3 is 1. The predicted molar refractivity (Wildman–Crippen MR) is 81.6 cm³/mol. The average molecular weight is 255 g/mol. The van der Waals surface area contributed by atoms with E-state index < -0.39 is 0 Å². The van der Waals surface area contributed by atoms with Gasteiger partial charge in [-0.25, -0.2) is 0 Å². The van der Waals surface area contributed by atoms with Crippen LogP contribution < -0.4 is 10.5 Å². The molecule has 1 unspecified atom stereocenters. The predicted octanol–water partition coefficient (Wildman–Crippen LogP) is 3.68. The number of allylic oxidation sites excluding steroid dienone is 1. The lowest BCUT2D eigenvalue weighted by Gasteiger charge is -2.13. The van der Waals surface area contributed by atoms with Crippen molar-refractivity contribution in [1.29, 1.82) is 0 Å². The third-order valence-corrected chi connectivity index (χ3v) is 3.40. The minimum atomic E-state index is 0.176. The van der Waals surface area contributed by atoms with Gasteiger partial charge in [-0.15, -0.1) is 6.58 Å². The first-order valence-corrected chi connectivity index (χ1v) is 6.66. The van der Waals surface area contributed by atoms with Crippen LogP contribution in [0.15, 0.2) is 49.1 Å². The van der Waals surface area contributed by atoms with E-state index in [1.807, 2.05) is 12.1 Å². The lowest BCUT2D eigenvalue weighted by atomic mass is 9.97. The van der Waals surface area contributed by atoms with Gasteiger partial charge >= 0.3 is 0 Å².